The Labute approximate surface area is 165 Å². The minimum atomic E-state index is -0.814. The van der Waals surface area contributed by atoms with E-state index in [-0.39, 0.29) is 24.6 Å². The van der Waals surface area contributed by atoms with Crippen LogP contribution in [-0.2, 0) is 9.59 Å². The molecule has 28 heavy (non-hydrogen) atoms. The van der Waals surface area contributed by atoms with Crippen LogP contribution in [0.3, 0.4) is 0 Å². The summed E-state index contributed by atoms with van der Waals surface area (Å²) in [5.41, 5.74) is 6.64. The summed E-state index contributed by atoms with van der Waals surface area (Å²) < 4.78 is 0. The molecule has 1 saturated heterocycles. The van der Waals surface area contributed by atoms with Crippen molar-refractivity contribution in [2.24, 2.45) is 11.1 Å². The van der Waals surface area contributed by atoms with Crippen molar-refractivity contribution in [3.8, 4) is 18.1 Å². The molecule has 2 rings (SSSR count). The Morgan fingerprint density at radius 1 is 1.39 bits per heavy atom. The highest BCUT2D eigenvalue weighted by Gasteiger charge is 2.43. The number of aromatic hydroxyl groups is 1. The van der Waals surface area contributed by atoms with Gasteiger partial charge in [0, 0.05) is 24.1 Å². The molecule has 0 aromatic heterocycles. The molecule has 0 radical (unpaired) electrons. The number of nitrogens with zero attached hydrogens (tertiary/aromatic N) is 1. The van der Waals surface area contributed by atoms with Crippen LogP contribution in [0.2, 0.25) is 0 Å². The molecule has 0 bridgehead atoms. The van der Waals surface area contributed by atoms with Gasteiger partial charge >= 0.3 is 0 Å². The van der Waals surface area contributed by atoms with Crippen LogP contribution in [0.1, 0.15) is 51.3 Å². The van der Waals surface area contributed by atoms with Gasteiger partial charge in [-0.2, -0.15) is 0 Å². The minimum absolute atomic E-state index is 0.0163. The third kappa shape index (κ3) is 4.64. The van der Waals surface area contributed by atoms with Crippen LogP contribution in [0.5, 0.6) is 5.75 Å². The fourth-order valence-corrected chi connectivity index (χ4v) is 3.24. The van der Waals surface area contributed by atoms with Crippen LogP contribution in [-0.4, -0.2) is 51.7 Å². The first-order valence-corrected chi connectivity index (χ1v) is 9.29. The number of amides is 2. The van der Waals surface area contributed by atoms with Crippen molar-refractivity contribution in [1.82, 2.24) is 10.2 Å². The van der Waals surface area contributed by atoms with E-state index in [1.54, 1.807) is 19.1 Å². The lowest BCUT2D eigenvalue weighted by molar-refractivity contribution is -0.141. The molecule has 1 aromatic rings. The zero-order chi connectivity index (χ0) is 21.2. The van der Waals surface area contributed by atoms with Gasteiger partial charge in [-0.15, -0.1) is 6.42 Å². The molecule has 152 valence electrons. The maximum atomic E-state index is 12.8. The molecular weight excluding hydrogens is 358 g/mol. The molecule has 1 heterocycles. The number of likely N-dealkylation sites (tertiary alicyclic amines) is 1. The van der Waals surface area contributed by atoms with Crippen LogP contribution in [0.4, 0.5) is 0 Å². The monoisotopic (exact) mass is 387 g/mol. The molecule has 1 aliphatic rings. The first kappa shape index (κ1) is 21.7. The summed E-state index contributed by atoms with van der Waals surface area (Å²) >= 11 is 0. The lowest BCUT2D eigenvalue weighted by Crippen LogP contribution is -2.55. The fraction of sp³-hybridized carbons (Fsp3) is 0.524. The van der Waals surface area contributed by atoms with Gasteiger partial charge in [0.1, 0.15) is 11.8 Å². The predicted molar refractivity (Wildman–Crippen MR) is 106 cm³/mol. The van der Waals surface area contributed by atoms with Gasteiger partial charge in [-0.05, 0) is 24.5 Å². The number of nitrogens with two attached hydrogens (primary N) is 1. The predicted octanol–water partition coefficient (Wildman–Crippen LogP) is 0.886. The summed E-state index contributed by atoms with van der Waals surface area (Å²) in [5, 5.41) is 23.0. The Morgan fingerprint density at radius 3 is 2.57 bits per heavy atom. The molecule has 1 fully saturated rings. The molecular formula is C21H29N3O4. The van der Waals surface area contributed by atoms with Gasteiger partial charge in [-0.1, -0.05) is 32.8 Å². The molecule has 0 saturated carbocycles. The number of β-amino-alcohol motifs (C(OH)–C–C–N with tert-alkyl or cyclic N) is 1. The quantitative estimate of drug-likeness (QED) is 0.573. The number of benzene rings is 1. The number of terminal acetylenes is 1. The smallest absolute Gasteiger partial charge is 0.243 e. The summed E-state index contributed by atoms with van der Waals surface area (Å²) in [6, 6.07) is 2.67. The second kappa shape index (κ2) is 8.21. The lowest BCUT2D eigenvalue weighted by Gasteiger charge is -2.32. The minimum Gasteiger partial charge on any atom is -0.508 e. The van der Waals surface area contributed by atoms with E-state index in [0.717, 1.165) is 0 Å². The van der Waals surface area contributed by atoms with Gasteiger partial charge in [-0.3, -0.25) is 9.59 Å². The van der Waals surface area contributed by atoms with Crippen molar-refractivity contribution in [3.63, 3.8) is 0 Å². The van der Waals surface area contributed by atoms with Gasteiger partial charge in [0.15, 0.2) is 0 Å². The number of hydrogen-bond acceptors (Lipinski definition) is 5. The lowest BCUT2D eigenvalue weighted by atomic mass is 9.86. The van der Waals surface area contributed by atoms with Crippen LogP contribution < -0.4 is 11.1 Å². The van der Waals surface area contributed by atoms with E-state index >= 15 is 0 Å². The first-order valence-electron chi connectivity index (χ1n) is 9.29. The molecule has 4 atom stereocenters. The van der Waals surface area contributed by atoms with Crippen molar-refractivity contribution in [2.75, 3.05) is 6.54 Å². The van der Waals surface area contributed by atoms with E-state index in [4.69, 9.17) is 12.2 Å². The Hall–Kier alpha value is -2.56. The molecule has 7 nitrogen and oxygen atoms in total. The molecule has 2 amide bonds. The van der Waals surface area contributed by atoms with Gasteiger partial charge in [0.25, 0.3) is 0 Å². The van der Waals surface area contributed by atoms with Crippen LogP contribution in [0.15, 0.2) is 18.2 Å². The van der Waals surface area contributed by atoms with Crippen LogP contribution in [0, 0.1) is 17.8 Å². The van der Waals surface area contributed by atoms with E-state index in [1.807, 2.05) is 20.8 Å². The number of hydrogen-bond donors (Lipinski definition) is 4. The average molecular weight is 387 g/mol. The van der Waals surface area contributed by atoms with Crippen molar-refractivity contribution in [2.45, 2.75) is 58.3 Å². The number of phenolic OH excluding ortho intramolecular Hbond substituents is 1. The number of carbonyl (C=O) groups is 2. The summed E-state index contributed by atoms with van der Waals surface area (Å²) in [5.74, 6) is 1.65. The third-order valence-corrected chi connectivity index (χ3v) is 5.09. The SMILES string of the molecule is C#Cc1ccc([C@H](C)NC(=O)[C@@H]2C[C@@H](O)CN2C(=O)C(N)C(C)(C)C)c(O)c1. The molecule has 1 aliphatic heterocycles. The van der Waals surface area contributed by atoms with Crippen LogP contribution >= 0.6 is 0 Å². The molecule has 0 aliphatic carbocycles. The summed E-state index contributed by atoms with van der Waals surface area (Å²) in [4.78, 5) is 27.0. The number of nitrogens with one attached hydrogen (secondary N) is 1. The molecule has 7 heteroatoms. The van der Waals surface area contributed by atoms with Crippen molar-refractivity contribution >= 4 is 11.8 Å². The maximum absolute atomic E-state index is 12.8. The third-order valence-electron chi connectivity index (χ3n) is 5.09. The van der Waals surface area contributed by atoms with Gasteiger partial charge in [-0.25, -0.2) is 0 Å². The first-order chi connectivity index (χ1) is 13.0. The second-order valence-corrected chi connectivity index (χ2v) is 8.39. The van der Waals surface area contributed by atoms with E-state index in [1.165, 1.54) is 11.0 Å². The van der Waals surface area contributed by atoms with Gasteiger partial charge in [0.2, 0.25) is 11.8 Å². The topological polar surface area (TPSA) is 116 Å². The number of carbonyl (C=O) groups excluding carboxylic acids is 2. The fourth-order valence-electron chi connectivity index (χ4n) is 3.24. The Balaban J connectivity index is 2.15. The summed E-state index contributed by atoms with van der Waals surface area (Å²) in [7, 11) is 0. The number of aliphatic hydroxyl groups is 1. The highest BCUT2D eigenvalue weighted by molar-refractivity contribution is 5.91. The van der Waals surface area contributed by atoms with Gasteiger partial charge in [0.05, 0.1) is 18.2 Å². The molecule has 0 spiro atoms. The second-order valence-electron chi connectivity index (χ2n) is 8.39. The highest BCUT2D eigenvalue weighted by atomic mass is 16.3. The zero-order valence-corrected chi connectivity index (χ0v) is 16.8. The molecule has 1 unspecified atom stereocenters. The van der Waals surface area contributed by atoms with Crippen molar-refractivity contribution in [3.05, 3.63) is 29.3 Å². The molecule has 1 aromatic carbocycles. The number of rotatable bonds is 4. The van der Waals surface area contributed by atoms with E-state index < -0.39 is 35.6 Å². The zero-order valence-electron chi connectivity index (χ0n) is 16.8. The van der Waals surface area contributed by atoms with E-state index in [2.05, 4.69) is 11.2 Å². The normalized spacial score (nSPS) is 21.7. The summed E-state index contributed by atoms with van der Waals surface area (Å²) in [6.45, 7) is 7.34. The summed E-state index contributed by atoms with van der Waals surface area (Å²) in [6.07, 6.45) is 4.67. The highest BCUT2D eigenvalue weighted by Crippen LogP contribution is 2.27. The standard InChI is InChI=1S/C21H29N3O4/c1-6-13-7-8-15(17(26)9-13)12(2)23-19(27)16-10-14(25)11-24(16)20(28)18(22)21(3,4)5/h1,7-9,12,14,16,18,25-26H,10-11,22H2,2-5H3,(H,23,27)/t12-,14+,16-,18?/m0/s1. The number of aliphatic hydroxyl groups excluding tert-OH is 1. The van der Waals surface area contributed by atoms with Crippen molar-refractivity contribution < 1.29 is 19.8 Å². The Morgan fingerprint density at radius 2 is 2.04 bits per heavy atom. The largest absolute Gasteiger partial charge is 0.508 e. The Kier molecular flexibility index (Phi) is 6.37. The van der Waals surface area contributed by atoms with Crippen molar-refractivity contribution in [1.29, 1.82) is 0 Å². The Bertz CT molecular complexity index is 794. The average Bonchev–Trinajstić information content (AvgIpc) is 3.01. The van der Waals surface area contributed by atoms with Crippen LogP contribution in [0.25, 0.3) is 0 Å². The number of phenols is 1. The maximum Gasteiger partial charge on any atom is 0.243 e. The van der Waals surface area contributed by atoms with Gasteiger partial charge < -0.3 is 26.2 Å². The van der Waals surface area contributed by atoms with E-state index in [0.29, 0.717) is 11.1 Å². The molecule has 5 N–H and O–H groups in total. The van der Waals surface area contributed by atoms with E-state index in [9.17, 15) is 19.8 Å².